The van der Waals surface area contributed by atoms with Gasteiger partial charge in [0.1, 0.15) is 5.75 Å². The minimum absolute atomic E-state index is 0.101. The average molecular weight is 370 g/mol. The van der Waals surface area contributed by atoms with Gasteiger partial charge >= 0.3 is 0 Å². The van der Waals surface area contributed by atoms with Gasteiger partial charge in [0, 0.05) is 11.4 Å². The van der Waals surface area contributed by atoms with Crippen molar-refractivity contribution in [1.29, 1.82) is 0 Å². The van der Waals surface area contributed by atoms with Crippen LogP contribution in [0.1, 0.15) is 18.1 Å². The molecule has 6 heteroatoms. The summed E-state index contributed by atoms with van der Waals surface area (Å²) in [5, 5.41) is 5.78. The van der Waals surface area contributed by atoms with E-state index in [9.17, 15) is 9.59 Å². The van der Waals surface area contributed by atoms with Crippen LogP contribution in [0.25, 0.3) is 0 Å². The maximum Gasteiger partial charge on any atom is 0.279 e. The molecule has 2 rings (SSSR count). The fourth-order valence-electron chi connectivity index (χ4n) is 2.79. The zero-order valence-electron chi connectivity index (χ0n) is 16.4. The van der Waals surface area contributed by atoms with Gasteiger partial charge in [-0.2, -0.15) is 0 Å². The molecule has 0 heterocycles. The number of anilines is 2. The molecule has 1 unspecified atom stereocenters. The molecule has 0 radical (unpaired) electrons. The van der Waals surface area contributed by atoms with Crippen LogP contribution in [0, 0.1) is 13.8 Å². The number of carbonyl (C=O) groups is 2. The van der Waals surface area contributed by atoms with E-state index in [2.05, 4.69) is 10.6 Å². The molecule has 0 aliphatic carbocycles. The molecule has 6 nitrogen and oxygen atoms in total. The highest BCUT2D eigenvalue weighted by Crippen LogP contribution is 2.16. The van der Waals surface area contributed by atoms with Gasteiger partial charge in [0.15, 0.2) is 13.1 Å². The summed E-state index contributed by atoms with van der Waals surface area (Å²) < 4.78 is 5.10. The number of hydrogen-bond acceptors (Lipinski definition) is 3. The maximum atomic E-state index is 12.4. The molecule has 2 aromatic carbocycles. The Morgan fingerprint density at radius 3 is 2.15 bits per heavy atom. The number of amides is 2. The van der Waals surface area contributed by atoms with Gasteiger partial charge in [-0.15, -0.1) is 0 Å². The van der Waals surface area contributed by atoms with Crippen LogP contribution >= 0.6 is 0 Å². The molecular weight excluding hydrogens is 342 g/mol. The first-order valence-corrected chi connectivity index (χ1v) is 9.05. The van der Waals surface area contributed by atoms with Crippen molar-refractivity contribution in [2.45, 2.75) is 20.8 Å². The Hall–Kier alpha value is -2.86. The Kier molecular flexibility index (Phi) is 7.37. The van der Waals surface area contributed by atoms with Crippen molar-refractivity contribution in [3.05, 3.63) is 53.6 Å². The standard InChI is InChI=1S/C21H27N3O3/c1-5-24(13-20(25)22-17-7-9-18(27-4)10-8-17)14-21(26)23-19-11-6-15(2)12-16(19)3/h6-12H,5,13-14H2,1-4H3,(H,22,25)(H,23,26)/p+1. The summed E-state index contributed by atoms with van der Waals surface area (Å²) in [6, 6.07) is 13.1. The second-order valence-electron chi connectivity index (χ2n) is 6.60. The third-order valence-corrected chi connectivity index (χ3v) is 4.35. The molecule has 3 N–H and O–H groups in total. The number of hydrogen-bond donors (Lipinski definition) is 3. The average Bonchev–Trinajstić information content (AvgIpc) is 2.64. The number of methoxy groups -OCH3 is 1. The van der Waals surface area contributed by atoms with Gasteiger partial charge < -0.3 is 20.3 Å². The van der Waals surface area contributed by atoms with Crippen molar-refractivity contribution in [2.75, 3.05) is 37.4 Å². The smallest absolute Gasteiger partial charge is 0.279 e. The highest BCUT2D eigenvalue weighted by atomic mass is 16.5. The summed E-state index contributed by atoms with van der Waals surface area (Å²) >= 11 is 0. The van der Waals surface area contributed by atoms with Crippen LogP contribution in [0.2, 0.25) is 0 Å². The topological polar surface area (TPSA) is 71.9 Å². The molecule has 0 aliphatic rings. The van der Waals surface area contributed by atoms with E-state index >= 15 is 0 Å². The second-order valence-corrected chi connectivity index (χ2v) is 6.60. The van der Waals surface area contributed by atoms with Crippen molar-refractivity contribution in [2.24, 2.45) is 0 Å². The Morgan fingerprint density at radius 1 is 0.963 bits per heavy atom. The van der Waals surface area contributed by atoms with Crippen LogP contribution in [0.4, 0.5) is 11.4 Å². The summed E-state index contributed by atoms with van der Waals surface area (Å²) in [6.45, 7) is 7.08. The zero-order valence-corrected chi connectivity index (χ0v) is 16.4. The van der Waals surface area contributed by atoms with E-state index < -0.39 is 0 Å². The highest BCUT2D eigenvalue weighted by Gasteiger charge is 2.17. The first-order valence-electron chi connectivity index (χ1n) is 9.05. The summed E-state index contributed by atoms with van der Waals surface area (Å²) in [5.41, 5.74) is 3.69. The lowest BCUT2D eigenvalue weighted by Crippen LogP contribution is -3.13. The first kappa shape index (κ1) is 20.5. The Bertz CT molecular complexity index is 788. The number of rotatable bonds is 8. The molecule has 0 bridgehead atoms. The van der Waals surface area contributed by atoms with E-state index in [0.29, 0.717) is 12.2 Å². The molecule has 2 amide bonds. The van der Waals surface area contributed by atoms with Gasteiger partial charge in [-0.25, -0.2) is 0 Å². The summed E-state index contributed by atoms with van der Waals surface area (Å²) in [5.74, 6) is 0.504. The van der Waals surface area contributed by atoms with E-state index in [-0.39, 0.29) is 24.9 Å². The van der Waals surface area contributed by atoms with Crippen molar-refractivity contribution < 1.29 is 19.2 Å². The van der Waals surface area contributed by atoms with Crippen LogP contribution in [0.15, 0.2) is 42.5 Å². The van der Waals surface area contributed by atoms with E-state index in [1.807, 2.05) is 39.0 Å². The van der Waals surface area contributed by atoms with E-state index in [0.717, 1.165) is 27.5 Å². The lowest BCUT2D eigenvalue weighted by Gasteiger charge is -2.17. The zero-order chi connectivity index (χ0) is 19.8. The number of aryl methyl sites for hydroxylation is 2. The quantitative estimate of drug-likeness (QED) is 0.663. The van der Waals surface area contributed by atoms with Gasteiger partial charge in [-0.05, 0) is 56.7 Å². The largest absolute Gasteiger partial charge is 0.497 e. The summed E-state index contributed by atoms with van der Waals surface area (Å²) in [7, 11) is 1.60. The Balaban J connectivity index is 1.87. The molecule has 0 aromatic heterocycles. The highest BCUT2D eigenvalue weighted by molar-refractivity contribution is 5.93. The Morgan fingerprint density at radius 2 is 1.59 bits per heavy atom. The van der Waals surface area contributed by atoms with Gasteiger partial charge in [-0.3, -0.25) is 9.59 Å². The molecule has 0 fully saturated rings. The molecule has 2 aromatic rings. The van der Waals surface area contributed by atoms with Crippen LogP contribution < -0.4 is 20.3 Å². The maximum absolute atomic E-state index is 12.4. The minimum Gasteiger partial charge on any atom is -0.497 e. The fourth-order valence-corrected chi connectivity index (χ4v) is 2.79. The van der Waals surface area contributed by atoms with Crippen LogP contribution in [0.3, 0.4) is 0 Å². The van der Waals surface area contributed by atoms with Crippen molar-refractivity contribution in [1.82, 2.24) is 0 Å². The van der Waals surface area contributed by atoms with Gasteiger partial charge in [0.2, 0.25) is 0 Å². The summed E-state index contributed by atoms with van der Waals surface area (Å²) in [6.07, 6.45) is 0. The number of quaternary nitrogens is 1. The normalized spacial score (nSPS) is 11.6. The lowest BCUT2D eigenvalue weighted by molar-refractivity contribution is -0.881. The summed E-state index contributed by atoms with van der Waals surface area (Å²) in [4.78, 5) is 25.5. The fraction of sp³-hybridized carbons (Fsp3) is 0.333. The number of nitrogens with one attached hydrogen (secondary N) is 3. The van der Waals surface area contributed by atoms with Crippen molar-refractivity contribution in [3.8, 4) is 5.75 Å². The molecule has 144 valence electrons. The molecular formula is C21H28N3O3+. The first-order chi connectivity index (χ1) is 12.9. The molecule has 0 spiro atoms. The predicted octanol–water partition coefficient (Wildman–Crippen LogP) is 1.79. The van der Waals surface area contributed by atoms with Crippen LogP contribution in [-0.4, -0.2) is 38.6 Å². The third-order valence-electron chi connectivity index (χ3n) is 4.35. The van der Waals surface area contributed by atoms with Crippen LogP contribution in [-0.2, 0) is 9.59 Å². The Labute approximate surface area is 160 Å². The second kappa shape index (κ2) is 9.73. The van der Waals surface area contributed by atoms with Crippen LogP contribution in [0.5, 0.6) is 5.75 Å². The van der Waals surface area contributed by atoms with Gasteiger partial charge in [0.25, 0.3) is 11.8 Å². The number of benzene rings is 2. The number of likely N-dealkylation sites (N-methyl/N-ethyl adjacent to an activating group) is 1. The molecule has 1 atom stereocenters. The third kappa shape index (κ3) is 6.42. The van der Waals surface area contributed by atoms with Gasteiger partial charge in [-0.1, -0.05) is 17.7 Å². The van der Waals surface area contributed by atoms with E-state index in [4.69, 9.17) is 4.74 Å². The number of carbonyl (C=O) groups excluding carboxylic acids is 2. The number of ether oxygens (including phenoxy) is 1. The van der Waals surface area contributed by atoms with Gasteiger partial charge in [0.05, 0.1) is 13.7 Å². The van der Waals surface area contributed by atoms with E-state index in [1.165, 1.54) is 0 Å². The minimum atomic E-state index is -0.128. The van der Waals surface area contributed by atoms with Crippen molar-refractivity contribution in [3.63, 3.8) is 0 Å². The molecule has 0 saturated heterocycles. The molecule has 27 heavy (non-hydrogen) atoms. The van der Waals surface area contributed by atoms with E-state index in [1.54, 1.807) is 31.4 Å². The SMILES string of the molecule is CC[NH+](CC(=O)Nc1ccc(OC)cc1)CC(=O)Nc1ccc(C)cc1C. The molecule has 0 aliphatic heterocycles. The molecule has 0 saturated carbocycles. The van der Waals surface area contributed by atoms with Crippen molar-refractivity contribution >= 4 is 23.2 Å². The predicted molar refractivity (Wildman–Crippen MR) is 107 cm³/mol. The monoisotopic (exact) mass is 370 g/mol. The lowest BCUT2D eigenvalue weighted by atomic mass is 10.1.